The summed E-state index contributed by atoms with van der Waals surface area (Å²) in [7, 11) is 0. The maximum atomic E-state index is 12.1. The van der Waals surface area contributed by atoms with Gasteiger partial charge in [0, 0.05) is 35.1 Å². The molecule has 1 fully saturated rings. The summed E-state index contributed by atoms with van der Waals surface area (Å²) >= 11 is 0. The topological polar surface area (TPSA) is 102 Å². The highest BCUT2D eigenvalue weighted by atomic mass is 16.2. The molecule has 0 saturated carbocycles. The van der Waals surface area contributed by atoms with Crippen LogP contribution in [0.3, 0.4) is 0 Å². The summed E-state index contributed by atoms with van der Waals surface area (Å²) in [6, 6.07) is 6.80. The van der Waals surface area contributed by atoms with E-state index in [0.717, 1.165) is 5.69 Å². The first kappa shape index (κ1) is 16.5. The number of hydrogen-bond acceptors (Lipinski definition) is 4. The minimum absolute atomic E-state index is 0.193. The minimum atomic E-state index is -0.523. The largest absolute Gasteiger partial charge is 0.328 e. The molecule has 3 amide bonds. The molecule has 126 valence electrons. The normalized spacial score (nSPS) is 15.0. The van der Waals surface area contributed by atoms with E-state index in [1.54, 1.807) is 12.1 Å². The Morgan fingerprint density at radius 2 is 1.88 bits per heavy atom. The molecule has 1 aromatic carbocycles. The number of imide groups is 1. The van der Waals surface area contributed by atoms with E-state index in [9.17, 15) is 20.1 Å². The Labute approximate surface area is 145 Å². The van der Waals surface area contributed by atoms with Gasteiger partial charge in [-0.05, 0) is 18.2 Å². The average Bonchev–Trinajstić information content (AvgIpc) is 2.92. The van der Waals surface area contributed by atoms with E-state index in [1.807, 2.05) is 26.8 Å². The second kappa shape index (κ2) is 5.64. The van der Waals surface area contributed by atoms with E-state index < -0.39 is 6.03 Å². The summed E-state index contributed by atoms with van der Waals surface area (Å²) in [4.78, 5) is 24.9. The summed E-state index contributed by atoms with van der Waals surface area (Å²) in [5.41, 5.74) is 1.96. The molecule has 1 aliphatic heterocycles. The maximum absolute atomic E-state index is 12.1. The highest BCUT2D eigenvalue weighted by molar-refractivity contribution is 6.06. The van der Waals surface area contributed by atoms with Crippen LogP contribution >= 0.6 is 0 Å². The molecule has 1 saturated heterocycles. The van der Waals surface area contributed by atoms with E-state index in [-0.39, 0.29) is 24.3 Å². The van der Waals surface area contributed by atoms with Crippen LogP contribution in [0.1, 0.15) is 38.4 Å². The van der Waals surface area contributed by atoms with E-state index >= 15 is 0 Å². The molecule has 25 heavy (non-hydrogen) atoms. The predicted octanol–water partition coefficient (Wildman–Crippen LogP) is 2.59. The number of nitrogens with one attached hydrogen (secondary N) is 1. The highest BCUT2D eigenvalue weighted by Crippen LogP contribution is 2.34. The van der Waals surface area contributed by atoms with Gasteiger partial charge in [0.1, 0.15) is 0 Å². The van der Waals surface area contributed by atoms with Crippen molar-refractivity contribution in [1.29, 1.82) is 10.5 Å². The van der Waals surface area contributed by atoms with Gasteiger partial charge in [-0.25, -0.2) is 4.79 Å². The number of aromatic nitrogens is 1. The van der Waals surface area contributed by atoms with Gasteiger partial charge in [0.2, 0.25) is 5.91 Å². The zero-order chi connectivity index (χ0) is 18.4. The summed E-state index contributed by atoms with van der Waals surface area (Å²) in [5, 5.41) is 22.1. The number of nitriles is 2. The van der Waals surface area contributed by atoms with Crippen LogP contribution in [-0.2, 0) is 10.2 Å². The van der Waals surface area contributed by atoms with E-state index in [0.29, 0.717) is 22.2 Å². The Hall–Kier alpha value is -3.32. The van der Waals surface area contributed by atoms with E-state index in [4.69, 9.17) is 0 Å². The van der Waals surface area contributed by atoms with E-state index in [2.05, 4.69) is 17.6 Å². The van der Waals surface area contributed by atoms with Crippen molar-refractivity contribution in [2.75, 3.05) is 11.4 Å². The lowest BCUT2D eigenvalue weighted by Gasteiger charge is -2.26. The van der Waals surface area contributed by atoms with Crippen LogP contribution in [0.4, 0.5) is 10.5 Å². The van der Waals surface area contributed by atoms with Gasteiger partial charge < -0.3 is 0 Å². The van der Waals surface area contributed by atoms with Crippen LogP contribution in [0, 0.1) is 22.8 Å². The van der Waals surface area contributed by atoms with Crippen molar-refractivity contribution in [3.63, 3.8) is 0 Å². The van der Waals surface area contributed by atoms with Gasteiger partial charge in [-0.1, -0.05) is 20.8 Å². The minimum Gasteiger partial charge on any atom is -0.294 e. The quantitative estimate of drug-likeness (QED) is 0.865. The van der Waals surface area contributed by atoms with Crippen LogP contribution in [0.5, 0.6) is 0 Å². The second-order valence-corrected chi connectivity index (χ2v) is 7.01. The molecular formula is C18H17N5O2. The van der Waals surface area contributed by atoms with Crippen LogP contribution in [-0.4, -0.2) is 23.1 Å². The number of benzene rings is 1. The molecule has 1 N–H and O–H groups in total. The number of fused-ring (bicyclic) bond motifs is 1. The monoisotopic (exact) mass is 335 g/mol. The first-order chi connectivity index (χ1) is 11.8. The smallest absolute Gasteiger partial charge is 0.294 e. The molecular weight excluding hydrogens is 318 g/mol. The molecule has 0 unspecified atom stereocenters. The number of anilines is 1. The van der Waals surface area contributed by atoms with Crippen molar-refractivity contribution in [3.8, 4) is 12.3 Å². The van der Waals surface area contributed by atoms with Crippen LogP contribution in [0.25, 0.3) is 10.9 Å². The molecule has 3 rings (SSSR count). The lowest BCUT2D eigenvalue weighted by Crippen LogP contribution is -2.49. The van der Waals surface area contributed by atoms with Gasteiger partial charge in [0.05, 0.1) is 17.1 Å². The van der Waals surface area contributed by atoms with Crippen molar-refractivity contribution < 1.29 is 9.59 Å². The molecule has 1 aromatic heterocycles. The number of rotatable bonds is 1. The van der Waals surface area contributed by atoms with Crippen LogP contribution in [0.15, 0.2) is 18.2 Å². The summed E-state index contributed by atoms with van der Waals surface area (Å²) in [6.07, 6.45) is 2.35. The van der Waals surface area contributed by atoms with Crippen molar-refractivity contribution in [2.45, 2.75) is 32.6 Å². The zero-order valence-corrected chi connectivity index (χ0v) is 14.3. The number of urea groups is 1. The Kier molecular flexibility index (Phi) is 3.73. The molecule has 0 bridgehead atoms. The Balaban J connectivity index is 2.24. The van der Waals surface area contributed by atoms with Gasteiger partial charge in [0.15, 0.2) is 6.19 Å². The molecule has 0 atom stereocenters. The van der Waals surface area contributed by atoms with Crippen LogP contribution < -0.4 is 10.2 Å². The summed E-state index contributed by atoms with van der Waals surface area (Å²) in [6.45, 7) is 6.21. The van der Waals surface area contributed by atoms with Gasteiger partial charge in [-0.2, -0.15) is 10.5 Å². The fourth-order valence-electron chi connectivity index (χ4n) is 3.01. The lowest BCUT2D eigenvalue weighted by atomic mass is 9.92. The van der Waals surface area contributed by atoms with Gasteiger partial charge >= 0.3 is 6.03 Å². The van der Waals surface area contributed by atoms with Crippen molar-refractivity contribution >= 4 is 28.5 Å². The van der Waals surface area contributed by atoms with Gasteiger partial charge in [-0.15, -0.1) is 0 Å². The van der Waals surface area contributed by atoms with Gasteiger partial charge in [0.25, 0.3) is 0 Å². The summed E-state index contributed by atoms with van der Waals surface area (Å²) < 4.78 is 1.49. The SMILES string of the molecule is CC(C)(C)c1cc2c(C#N)cc(N3CCC(=O)NC3=O)cc2n1C#N. The molecule has 2 aromatic rings. The standard InChI is InChI=1S/C18H17N5O2/c1-18(2,3)15-8-13-11(9-19)6-12(7-14(13)23(15)10-20)22-5-4-16(24)21-17(22)25/h6-8H,4-5H2,1-3H3,(H,21,24,25). The van der Waals surface area contributed by atoms with Crippen LogP contribution in [0.2, 0.25) is 0 Å². The second-order valence-electron chi connectivity index (χ2n) is 7.01. The number of carbonyl (C=O) groups excluding carboxylic acids is 2. The molecule has 0 spiro atoms. The number of carbonyl (C=O) groups is 2. The van der Waals surface area contributed by atoms with Gasteiger partial charge in [-0.3, -0.25) is 19.6 Å². The fourth-order valence-corrected chi connectivity index (χ4v) is 3.01. The number of amides is 3. The van der Waals surface area contributed by atoms with Crippen molar-refractivity contribution in [2.24, 2.45) is 0 Å². The third-order valence-electron chi connectivity index (χ3n) is 4.26. The zero-order valence-electron chi connectivity index (χ0n) is 14.3. The third-order valence-corrected chi connectivity index (χ3v) is 4.26. The number of hydrogen-bond donors (Lipinski definition) is 1. The fraction of sp³-hybridized carbons (Fsp3) is 0.333. The Morgan fingerprint density at radius 1 is 1.16 bits per heavy atom. The Bertz CT molecular complexity index is 982. The Morgan fingerprint density at radius 3 is 2.44 bits per heavy atom. The number of nitrogens with zero attached hydrogens (tertiary/aromatic N) is 4. The maximum Gasteiger partial charge on any atom is 0.328 e. The van der Waals surface area contributed by atoms with E-state index in [1.165, 1.54) is 9.47 Å². The van der Waals surface area contributed by atoms with Crippen molar-refractivity contribution in [3.05, 3.63) is 29.5 Å². The highest BCUT2D eigenvalue weighted by Gasteiger charge is 2.27. The molecule has 0 aliphatic carbocycles. The van der Waals surface area contributed by atoms with Crippen molar-refractivity contribution in [1.82, 2.24) is 9.88 Å². The lowest BCUT2D eigenvalue weighted by molar-refractivity contribution is -0.120. The molecule has 7 nitrogen and oxygen atoms in total. The summed E-state index contributed by atoms with van der Waals surface area (Å²) in [5.74, 6) is -0.321. The molecule has 0 radical (unpaired) electrons. The molecule has 7 heteroatoms. The predicted molar refractivity (Wildman–Crippen MR) is 91.9 cm³/mol. The average molecular weight is 335 g/mol. The first-order valence-corrected chi connectivity index (χ1v) is 7.88. The third kappa shape index (κ3) is 2.70. The first-order valence-electron chi connectivity index (χ1n) is 7.88. The molecule has 1 aliphatic rings. The molecule has 2 heterocycles.